The van der Waals surface area contributed by atoms with Crippen LogP contribution in [0.5, 0.6) is 0 Å². The van der Waals surface area contributed by atoms with Crippen LogP contribution in [0.3, 0.4) is 0 Å². The van der Waals surface area contributed by atoms with Gasteiger partial charge < -0.3 is 0 Å². The molecule has 0 aliphatic rings. The third kappa shape index (κ3) is 4.49. The topological polar surface area (TPSA) is 38.8 Å². The lowest BCUT2D eigenvalue weighted by Crippen LogP contribution is -2.24. The first-order valence-electron chi connectivity index (χ1n) is 7.46. The molecule has 0 bridgehead atoms. The fourth-order valence-corrected chi connectivity index (χ4v) is 2.08. The van der Waals surface area contributed by atoms with Crippen LogP contribution in [0.4, 0.5) is 0 Å². The molecule has 0 saturated heterocycles. The van der Waals surface area contributed by atoms with E-state index >= 15 is 0 Å². The van der Waals surface area contributed by atoms with Crippen molar-refractivity contribution in [3.63, 3.8) is 0 Å². The van der Waals surface area contributed by atoms with Gasteiger partial charge in [-0.05, 0) is 19.4 Å². The average molecular weight is 299 g/mol. The van der Waals surface area contributed by atoms with Crippen LogP contribution < -0.4 is 0 Å². The first kappa shape index (κ1) is 16.4. The van der Waals surface area contributed by atoms with Crippen molar-refractivity contribution in [3.05, 3.63) is 71.3 Å². The third-order valence-electron chi connectivity index (χ3n) is 3.11. The zero-order valence-electron chi connectivity index (χ0n) is 13.0. The number of benzene rings is 2. The summed E-state index contributed by atoms with van der Waals surface area (Å²) in [4.78, 5) is 23.1. The minimum atomic E-state index is 0.0265. The molecule has 2 aromatic rings. The van der Waals surface area contributed by atoms with Gasteiger partial charge in [-0.25, -0.2) is 0 Å². The number of rotatable bonds is 8. The number of carbonyl (C=O) groups excluding carboxylic acids is 1. The van der Waals surface area contributed by atoms with Gasteiger partial charge >= 0.3 is 0 Å². The summed E-state index contributed by atoms with van der Waals surface area (Å²) in [6.07, 6.45) is 0. The SMILES string of the molecule is CCON(Cc1ccc(C(=O)c2ccccc2)cc1)OCC. The van der Waals surface area contributed by atoms with Gasteiger partial charge in [-0.2, -0.15) is 0 Å². The van der Waals surface area contributed by atoms with Gasteiger partial charge in [0.15, 0.2) is 5.78 Å². The van der Waals surface area contributed by atoms with Crippen molar-refractivity contribution in [2.24, 2.45) is 0 Å². The molecule has 116 valence electrons. The summed E-state index contributed by atoms with van der Waals surface area (Å²) in [6.45, 7) is 5.43. The van der Waals surface area contributed by atoms with E-state index in [-0.39, 0.29) is 5.78 Å². The van der Waals surface area contributed by atoms with Gasteiger partial charge in [-0.3, -0.25) is 14.5 Å². The molecule has 0 heterocycles. The monoisotopic (exact) mass is 299 g/mol. The average Bonchev–Trinajstić information content (AvgIpc) is 2.56. The molecule has 4 heteroatoms. The van der Waals surface area contributed by atoms with Crippen LogP contribution in [0.2, 0.25) is 0 Å². The highest BCUT2D eigenvalue weighted by Crippen LogP contribution is 2.13. The number of hydroxylamine groups is 2. The predicted octanol–water partition coefficient (Wildman–Crippen LogP) is 3.62. The molecule has 0 spiro atoms. The Kier molecular flexibility index (Phi) is 6.27. The maximum absolute atomic E-state index is 12.3. The van der Waals surface area contributed by atoms with Crippen LogP contribution >= 0.6 is 0 Å². The van der Waals surface area contributed by atoms with Gasteiger partial charge in [0.1, 0.15) is 0 Å². The normalized spacial score (nSPS) is 10.9. The summed E-state index contributed by atoms with van der Waals surface area (Å²) >= 11 is 0. The highest BCUT2D eigenvalue weighted by atomic mass is 16.9. The van der Waals surface area contributed by atoms with Gasteiger partial charge in [0.2, 0.25) is 0 Å². The summed E-state index contributed by atoms with van der Waals surface area (Å²) in [6, 6.07) is 16.8. The minimum absolute atomic E-state index is 0.0265. The summed E-state index contributed by atoms with van der Waals surface area (Å²) in [5, 5.41) is 1.47. The van der Waals surface area contributed by atoms with Gasteiger partial charge in [0.05, 0.1) is 19.8 Å². The molecular weight excluding hydrogens is 278 g/mol. The second kappa shape index (κ2) is 8.44. The Labute approximate surface area is 131 Å². The van der Waals surface area contributed by atoms with E-state index in [0.29, 0.717) is 30.9 Å². The molecule has 0 aromatic heterocycles. The lowest BCUT2D eigenvalue weighted by Gasteiger charge is -2.19. The fraction of sp³-hybridized carbons (Fsp3) is 0.278. The van der Waals surface area contributed by atoms with E-state index < -0.39 is 0 Å². The standard InChI is InChI=1S/C18H21NO3/c1-3-21-19(22-4-2)14-15-10-12-17(13-11-15)18(20)16-8-6-5-7-9-16/h5-13H,3-4,14H2,1-2H3. The lowest BCUT2D eigenvalue weighted by molar-refractivity contribution is -0.371. The van der Waals surface area contributed by atoms with Crippen LogP contribution in [0.25, 0.3) is 0 Å². The van der Waals surface area contributed by atoms with Crippen molar-refractivity contribution in [1.29, 1.82) is 0 Å². The Morgan fingerprint density at radius 2 is 1.41 bits per heavy atom. The molecular formula is C18H21NO3. The molecule has 0 N–H and O–H groups in total. The quantitative estimate of drug-likeness (QED) is 0.551. The zero-order valence-corrected chi connectivity index (χ0v) is 13.0. The molecule has 4 nitrogen and oxygen atoms in total. The van der Waals surface area contributed by atoms with Crippen LogP contribution in [0, 0.1) is 0 Å². The van der Waals surface area contributed by atoms with Crippen molar-refractivity contribution in [2.45, 2.75) is 20.4 Å². The van der Waals surface area contributed by atoms with Crippen molar-refractivity contribution < 1.29 is 14.5 Å². The second-order valence-corrected chi connectivity index (χ2v) is 4.72. The summed E-state index contributed by atoms with van der Waals surface area (Å²) < 4.78 is 0. The molecule has 0 unspecified atom stereocenters. The highest BCUT2D eigenvalue weighted by Gasteiger charge is 2.10. The van der Waals surface area contributed by atoms with Crippen LogP contribution in [0.15, 0.2) is 54.6 Å². The Balaban J connectivity index is 2.05. The smallest absolute Gasteiger partial charge is 0.193 e. The molecule has 0 radical (unpaired) electrons. The van der Waals surface area contributed by atoms with Gasteiger partial charge in [-0.15, -0.1) is 0 Å². The summed E-state index contributed by atoms with van der Waals surface area (Å²) in [5.74, 6) is 0.0265. The molecule has 22 heavy (non-hydrogen) atoms. The van der Waals surface area contributed by atoms with Crippen LogP contribution in [-0.4, -0.2) is 24.2 Å². The first-order chi connectivity index (χ1) is 10.7. The molecule has 0 aliphatic heterocycles. The number of ketones is 1. The van der Waals surface area contributed by atoms with Gasteiger partial charge in [0, 0.05) is 11.1 Å². The van der Waals surface area contributed by atoms with Crippen LogP contribution in [-0.2, 0) is 16.2 Å². The zero-order chi connectivity index (χ0) is 15.8. The molecule has 2 aromatic carbocycles. The van der Waals surface area contributed by atoms with Crippen molar-refractivity contribution >= 4 is 5.78 Å². The molecule has 0 aliphatic carbocycles. The first-order valence-corrected chi connectivity index (χ1v) is 7.46. The molecule has 0 amide bonds. The second-order valence-electron chi connectivity index (χ2n) is 4.72. The van der Waals surface area contributed by atoms with E-state index in [9.17, 15) is 4.79 Å². The predicted molar refractivity (Wildman–Crippen MR) is 85.1 cm³/mol. The Morgan fingerprint density at radius 3 is 1.95 bits per heavy atom. The molecule has 0 saturated carbocycles. The Hall–Kier alpha value is -2.01. The third-order valence-corrected chi connectivity index (χ3v) is 3.11. The Bertz CT molecular complexity index is 575. The minimum Gasteiger partial charge on any atom is -0.289 e. The van der Waals surface area contributed by atoms with Crippen molar-refractivity contribution in [2.75, 3.05) is 13.2 Å². The van der Waals surface area contributed by atoms with Crippen LogP contribution in [0.1, 0.15) is 35.3 Å². The summed E-state index contributed by atoms with van der Waals surface area (Å²) in [7, 11) is 0. The van der Waals surface area contributed by atoms with Crippen molar-refractivity contribution in [1.82, 2.24) is 5.23 Å². The Morgan fingerprint density at radius 1 is 0.864 bits per heavy atom. The summed E-state index contributed by atoms with van der Waals surface area (Å²) in [5.41, 5.74) is 2.39. The number of hydrogen-bond acceptors (Lipinski definition) is 4. The van der Waals surface area contributed by atoms with E-state index in [4.69, 9.17) is 9.68 Å². The van der Waals surface area contributed by atoms with Crippen molar-refractivity contribution in [3.8, 4) is 0 Å². The lowest BCUT2D eigenvalue weighted by atomic mass is 10.0. The maximum Gasteiger partial charge on any atom is 0.193 e. The van der Waals surface area contributed by atoms with Gasteiger partial charge in [-0.1, -0.05) is 59.8 Å². The fourth-order valence-electron chi connectivity index (χ4n) is 2.08. The highest BCUT2D eigenvalue weighted by molar-refractivity contribution is 6.08. The molecule has 0 fully saturated rings. The van der Waals surface area contributed by atoms with Gasteiger partial charge in [0.25, 0.3) is 0 Å². The number of nitrogens with zero attached hydrogens (tertiary/aromatic N) is 1. The van der Waals surface area contributed by atoms with E-state index in [2.05, 4.69) is 0 Å². The van der Waals surface area contributed by atoms with E-state index in [1.54, 1.807) is 0 Å². The molecule has 0 atom stereocenters. The maximum atomic E-state index is 12.3. The largest absolute Gasteiger partial charge is 0.289 e. The van der Waals surface area contributed by atoms with E-state index in [1.165, 1.54) is 5.23 Å². The number of carbonyl (C=O) groups is 1. The van der Waals surface area contributed by atoms with E-state index in [1.807, 2.05) is 68.4 Å². The molecule has 2 rings (SSSR count). The van der Waals surface area contributed by atoms with E-state index in [0.717, 1.165) is 5.56 Å². The number of hydrogen-bond donors (Lipinski definition) is 0.